The molecule has 0 N–H and O–H groups in total. The number of carbonyl (C=O) groups excluding carboxylic acids is 1. The van der Waals surface area contributed by atoms with Crippen molar-refractivity contribution in [2.24, 2.45) is 0 Å². The molecular weight excluding hydrogens is 293 g/mol. The molecule has 1 heterocycles. The quantitative estimate of drug-likeness (QED) is 0.860. The van der Waals surface area contributed by atoms with Crippen LogP contribution in [-0.2, 0) is 11.2 Å². The van der Waals surface area contributed by atoms with Gasteiger partial charge >= 0.3 is 0 Å². The molecule has 0 unspecified atom stereocenters. The molecule has 1 aliphatic heterocycles. The van der Waals surface area contributed by atoms with Crippen LogP contribution in [0.3, 0.4) is 0 Å². The molecule has 4 heteroatoms. The predicted octanol–water partition coefficient (Wildman–Crippen LogP) is 3.74. The normalized spacial score (nSPS) is 17.3. The molecule has 2 aromatic rings. The molecule has 1 amide bonds. The lowest BCUT2D eigenvalue weighted by molar-refractivity contribution is -0.131. The van der Waals surface area contributed by atoms with Gasteiger partial charge in [0.1, 0.15) is 11.6 Å². The summed E-state index contributed by atoms with van der Waals surface area (Å²) in [5.41, 5.74) is 1.95. The van der Waals surface area contributed by atoms with Gasteiger partial charge in [-0.15, -0.1) is 0 Å². The Morgan fingerprint density at radius 3 is 2.78 bits per heavy atom. The van der Waals surface area contributed by atoms with Crippen LogP contribution in [0.25, 0.3) is 0 Å². The van der Waals surface area contributed by atoms with Crippen LogP contribution in [0.5, 0.6) is 5.75 Å². The van der Waals surface area contributed by atoms with Crippen molar-refractivity contribution >= 4 is 5.91 Å². The third kappa shape index (κ3) is 3.52. The van der Waals surface area contributed by atoms with Crippen LogP contribution >= 0.6 is 0 Å². The van der Waals surface area contributed by atoms with Crippen molar-refractivity contribution in [2.75, 3.05) is 13.7 Å². The predicted molar refractivity (Wildman–Crippen MR) is 86.8 cm³/mol. The number of hydrogen-bond acceptors (Lipinski definition) is 2. The Morgan fingerprint density at radius 2 is 2.04 bits per heavy atom. The molecule has 0 spiro atoms. The van der Waals surface area contributed by atoms with E-state index in [2.05, 4.69) is 0 Å². The molecule has 1 atom stereocenters. The maximum absolute atomic E-state index is 13.1. The van der Waals surface area contributed by atoms with Gasteiger partial charge in [0.05, 0.1) is 19.6 Å². The molecule has 0 saturated carbocycles. The van der Waals surface area contributed by atoms with Crippen molar-refractivity contribution < 1.29 is 13.9 Å². The second kappa shape index (κ2) is 6.82. The zero-order chi connectivity index (χ0) is 16.2. The maximum Gasteiger partial charge on any atom is 0.227 e. The van der Waals surface area contributed by atoms with Gasteiger partial charge in [0, 0.05) is 6.54 Å². The first-order chi connectivity index (χ1) is 11.2. The third-order valence-electron chi connectivity index (χ3n) is 4.32. The van der Waals surface area contributed by atoms with Crippen LogP contribution in [0.15, 0.2) is 48.5 Å². The van der Waals surface area contributed by atoms with Gasteiger partial charge in [-0.2, -0.15) is 0 Å². The smallest absolute Gasteiger partial charge is 0.227 e. The fourth-order valence-electron chi connectivity index (χ4n) is 3.16. The summed E-state index contributed by atoms with van der Waals surface area (Å²) in [7, 11) is 1.62. The minimum Gasteiger partial charge on any atom is -0.497 e. The van der Waals surface area contributed by atoms with E-state index < -0.39 is 0 Å². The van der Waals surface area contributed by atoms with Gasteiger partial charge in [0.2, 0.25) is 5.91 Å². The minimum absolute atomic E-state index is 0.0497. The molecule has 0 radical (unpaired) electrons. The van der Waals surface area contributed by atoms with E-state index in [1.165, 1.54) is 12.1 Å². The molecule has 1 saturated heterocycles. The van der Waals surface area contributed by atoms with E-state index in [1.807, 2.05) is 29.2 Å². The lowest BCUT2D eigenvalue weighted by Gasteiger charge is -2.25. The molecule has 0 aliphatic carbocycles. The van der Waals surface area contributed by atoms with Crippen molar-refractivity contribution in [3.63, 3.8) is 0 Å². The Balaban J connectivity index is 1.74. The van der Waals surface area contributed by atoms with Crippen LogP contribution < -0.4 is 4.74 Å². The fourth-order valence-corrected chi connectivity index (χ4v) is 3.16. The van der Waals surface area contributed by atoms with Gasteiger partial charge in [-0.1, -0.05) is 24.3 Å². The lowest BCUT2D eigenvalue weighted by Crippen LogP contribution is -2.31. The Hall–Kier alpha value is -2.36. The van der Waals surface area contributed by atoms with Gasteiger partial charge in [-0.3, -0.25) is 4.79 Å². The molecule has 0 bridgehead atoms. The highest BCUT2D eigenvalue weighted by Crippen LogP contribution is 2.32. The van der Waals surface area contributed by atoms with Gasteiger partial charge in [-0.25, -0.2) is 4.39 Å². The van der Waals surface area contributed by atoms with Gasteiger partial charge in [0.25, 0.3) is 0 Å². The summed E-state index contributed by atoms with van der Waals surface area (Å²) in [5.74, 6) is 0.609. The summed E-state index contributed by atoms with van der Waals surface area (Å²) in [6.45, 7) is 0.755. The van der Waals surface area contributed by atoms with E-state index in [1.54, 1.807) is 19.2 Å². The number of methoxy groups -OCH3 is 1. The van der Waals surface area contributed by atoms with Crippen molar-refractivity contribution in [3.8, 4) is 5.75 Å². The highest BCUT2D eigenvalue weighted by Gasteiger charge is 2.29. The zero-order valence-electron chi connectivity index (χ0n) is 13.2. The minimum atomic E-state index is -0.249. The first-order valence-corrected chi connectivity index (χ1v) is 7.85. The van der Waals surface area contributed by atoms with E-state index in [0.717, 1.165) is 36.3 Å². The van der Waals surface area contributed by atoms with Crippen molar-refractivity contribution in [1.82, 2.24) is 4.90 Å². The molecule has 3 nitrogen and oxygen atoms in total. The SMILES string of the molecule is COc1cccc(CC(=O)N2CCC[C@@H]2c2ccc(F)cc2)c1. The molecule has 3 rings (SSSR count). The van der Waals surface area contributed by atoms with Gasteiger partial charge in [-0.05, 0) is 48.2 Å². The molecular formula is C19H20FNO2. The Kier molecular flexibility index (Phi) is 4.60. The van der Waals surface area contributed by atoms with Gasteiger partial charge < -0.3 is 9.64 Å². The van der Waals surface area contributed by atoms with Gasteiger partial charge in [0.15, 0.2) is 0 Å². The van der Waals surface area contributed by atoms with Crippen molar-refractivity contribution in [3.05, 3.63) is 65.5 Å². The number of nitrogens with zero attached hydrogens (tertiary/aromatic N) is 1. The summed E-state index contributed by atoms with van der Waals surface area (Å²) in [4.78, 5) is 14.6. The summed E-state index contributed by atoms with van der Waals surface area (Å²) in [6, 6.07) is 14.1. The third-order valence-corrected chi connectivity index (χ3v) is 4.32. The summed E-state index contributed by atoms with van der Waals surface area (Å²) < 4.78 is 18.3. The van der Waals surface area contributed by atoms with Crippen LogP contribution in [0, 0.1) is 5.82 Å². The van der Waals surface area contributed by atoms with E-state index >= 15 is 0 Å². The van der Waals surface area contributed by atoms with E-state index in [9.17, 15) is 9.18 Å². The fraction of sp³-hybridized carbons (Fsp3) is 0.316. The van der Waals surface area contributed by atoms with Crippen LogP contribution in [-0.4, -0.2) is 24.5 Å². The second-order valence-corrected chi connectivity index (χ2v) is 5.83. The largest absolute Gasteiger partial charge is 0.497 e. The van der Waals surface area contributed by atoms with Crippen molar-refractivity contribution in [2.45, 2.75) is 25.3 Å². The first kappa shape index (κ1) is 15.5. The van der Waals surface area contributed by atoms with E-state index in [4.69, 9.17) is 4.74 Å². The lowest BCUT2D eigenvalue weighted by atomic mass is 10.0. The number of halogens is 1. The molecule has 0 aromatic heterocycles. The average molecular weight is 313 g/mol. The van der Waals surface area contributed by atoms with Crippen LogP contribution in [0.4, 0.5) is 4.39 Å². The zero-order valence-corrected chi connectivity index (χ0v) is 13.2. The topological polar surface area (TPSA) is 29.5 Å². The molecule has 120 valence electrons. The van der Waals surface area contributed by atoms with E-state index in [-0.39, 0.29) is 17.8 Å². The number of rotatable bonds is 4. The number of hydrogen-bond donors (Lipinski definition) is 0. The Morgan fingerprint density at radius 1 is 1.26 bits per heavy atom. The summed E-state index contributed by atoms with van der Waals surface area (Å²) >= 11 is 0. The molecule has 2 aromatic carbocycles. The number of ether oxygens (including phenoxy) is 1. The number of amides is 1. The molecule has 23 heavy (non-hydrogen) atoms. The number of likely N-dealkylation sites (tertiary alicyclic amines) is 1. The number of carbonyl (C=O) groups is 1. The highest BCUT2D eigenvalue weighted by molar-refractivity contribution is 5.79. The summed E-state index contributed by atoms with van der Waals surface area (Å²) in [5, 5.41) is 0. The highest BCUT2D eigenvalue weighted by atomic mass is 19.1. The molecule has 1 fully saturated rings. The molecule has 1 aliphatic rings. The van der Waals surface area contributed by atoms with Crippen LogP contribution in [0.1, 0.15) is 30.0 Å². The van der Waals surface area contributed by atoms with Crippen molar-refractivity contribution in [1.29, 1.82) is 0 Å². The second-order valence-electron chi connectivity index (χ2n) is 5.83. The number of benzene rings is 2. The first-order valence-electron chi connectivity index (χ1n) is 7.85. The monoisotopic (exact) mass is 313 g/mol. The van der Waals surface area contributed by atoms with E-state index in [0.29, 0.717) is 6.42 Å². The summed E-state index contributed by atoms with van der Waals surface area (Å²) in [6.07, 6.45) is 2.26. The Labute approximate surface area is 135 Å². The standard InChI is InChI=1S/C19H20FNO2/c1-23-17-5-2-4-14(12-17)13-19(22)21-11-3-6-18(21)15-7-9-16(20)10-8-15/h2,4-5,7-10,12,18H,3,6,11,13H2,1H3/t18-/m1/s1. The Bertz CT molecular complexity index is 684. The van der Waals surface area contributed by atoms with Crippen LogP contribution in [0.2, 0.25) is 0 Å². The maximum atomic E-state index is 13.1. The average Bonchev–Trinajstić information content (AvgIpc) is 3.05.